The predicted molar refractivity (Wildman–Crippen MR) is 93.3 cm³/mol. The van der Waals surface area contributed by atoms with Gasteiger partial charge >= 0.3 is 0 Å². The molecule has 0 unspecified atom stereocenters. The number of amides is 1. The molecule has 2 N–H and O–H groups in total. The summed E-state index contributed by atoms with van der Waals surface area (Å²) in [5.74, 6) is 0.730. The first-order valence-corrected chi connectivity index (χ1v) is 8.37. The summed E-state index contributed by atoms with van der Waals surface area (Å²) in [6, 6.07) is 9.47. The van der Waals surface area contributed by atoms with Crippen molar-refractivity contribution in [2.24, 2.45) is 0 Å². The molecule has 7 heteroatoms. The second kappa shape index (κ2) is 6.85. The van der Waals surface area contributed by atoms with Crippen LogP contribution in [-0.4, -0.2) is 22.4 Å². The summed E-state index contributed by atoms with van der Waals surface area (Å²) >= 11 is 4.93. The summed E-state index contributed by atoms with van der Waals surface area (Å²) < 4.78 is 0.982. The lowest BCUT2D eigenvalue weighted by molar-refractivity contribution is -0.115. The Bertz CT molecular complexity index is 788. The van der Waals surface area contributed by atoms with Gasteiger partial charge in [0.2, 0.25) is 5.91 Å². The second-order valence-corrected chi connectivity index (χ2v) is 6.40. The molecule has 0 saturated heterocycles. The minimum atomic E-state index is -0.0366. The van der Waals surface area contributed by atoms with Crippen molar-refractivity contribution in [1.29, 1.82) is 0 Å². The Kier molecular flexibility index (Phi) is 4.65. The van der Waals surface area contributed by atoms with Crippen molar-refractivity contribution in [3.05, 3.63) is 46.5 Å². The highest BCUT2D eigenvalue weighted by molar-refractivity contribution is 9.10. The van der Waals surface area contributed by atoms with Gasteiger partial charge in [0.1, 0.15) is 17.0 Å². The summed E-state index contributed by atoms with van der Waals surface area (Å²) in [4.78, 5) is 21.3. The molecule has 0 aliphatic rings. The number of fused-ring (bicyclic) bond motifs is 1. The number of carbonyl (C=O) groups is 1. The van der Waals surface area contributed by atoms with E-state index in [4.69, 9.17) is 0 Å². The van der Waals surface area contributed by atoms with Gasteiger partial charge in [-0.1, -0.05) is 15.9 Å². The fraction of sp³-hybridized carbons (Fsp3) is 0.133. The van der Waals surface area contributed by atoms with E-state index >= 15 is 0 Å². The molecule has 0 aliphatic carbocycles. The molecule has 0 atom stereocenters. The fourth-order valence-electron chi connectivity index (χ4n) is 1.98. The minimum absolute atomic E-state index is 0.0366. The summed E-state index contributed by atoms with van der Waals surface area (Å²) in [5.41, 5.74) is 0.787. The van der Waals surface area contributed by atoms with E-state index in [-0.39, 0.29) is 5.91 Å². The average Bonchev–Trinajstić information content (AvgIpc) is 2.99. The van der Waals surface area contributed by atoms with Crippen molar-refractivity contribution in [3.63, 3.8) is 0 Å². The van der Waals surface area contributed by atoms with Crippen LogP contribution in [0.2, 0.25) is 0 Å². The lowest BCUT2D eigenvalue weighted by atomic mass is 10.3. The smallest absolute Gasteiger partial charge is 0.226 e. The second-order valence-electron chi connectivity index (χ2n) is 4.59. The number of halogens is 1. The van der Waals surface area contributed by atoms with Gasteiger partial charge in [-0.15, -0.1) is 11.3 Å². The lowest BCUT2D eigenvalue weighted by Crippen LogP contribution is -2.16. The maximum absolute atomic E-state index is 11.9. The Morgan fingerprint density at radius 2 is 2.00 bits per heavy atom. The fourth-order valence-corrected chi connectivity index (χ4v) is 2.98. The van der Waals surface area contributed by atoms with Gasteiger partial charge < -0.3 is 10.6 Å². The van der Waals surface area contributed by atoms with Gasteiger partial charge in [0.25, 0.3) is 0 Å². The van der Waals surface area contributed by atoms with Crippen LogP contribution in [0.3, 0.4) is 0 Å². The van der Waals surface area contributed by atoms with Crippen LogP contribution in [0.5, 0.6) is 0 Å². The van der Waals surface area contributed by atoms with Crippen molar-refractivity contribution in [1.82, 2.24) is 9.97 Å². The van der Waals surface area contributed by atoms with E-state index in [9.17, 15) is 4.79 Å². The average molecular weight is 377 g/mol. The largest absolute Gasteiger partial charge is 0.369 e. The van der Waals surface area contributed by atoms with E-state index in [1.807, 2.05) is 35.7 Å². The Balaban J connectivity index is 1.53. The van der Waals surface area contributed by atoms with Gasteiger partial charge in [0, 0.05) is 23.1 Å². The summed E-state index contributed by atoms with van der Waals surface area (Å²) in [6.45, 7) is 0.518. The number of benzene rings is 1. The first kappa shape index (κ1) is 14.9. The van der Waals surface area contributed by atoms with E-state index in [1.165, 1.54) is 6.33 Å². The van der Waals surface area contributed by atoms with Crippen molar-refractivity contribution in [2.45, 2.75) is 6.42 Å². The zero-order valence-corrected chi connectivity index (χ0v) is 13.9. The van der Waals surface area contributed by atoms with E-state index < -0.39 is 0 Å². The predicted octanol–water partition coefficient (Wildman–Crippen LogP) is 3.89. The molecule has 0 radical (unpaired) electrons. The van der Waals surface area contributed by atoms with E-state index in [2.05, 4.69) is 36.5 Å². The number of thiophene rings is 1. The molecule has 0 bridgehead atoms. The number of carbonyl (C=O) groups excluding carboxylic acids is 1. The Morgan fingerprint density at radius 3 is 2.82 bits per heavy atom. The van der Waals surface area contributed by atoms with Crippen LogP contribution in [-0.2, 0) is 4.79 Å². The molecule has 22 heavy (non-hydrogen) atoms. The quantitative estimate of drug-likeness (QED) is 0.708. The summed E-state index contributed by atoms with van der Waals surface area (Å²) in [6.07, 6.45) is 1.90. The van der Waals surface area contributed by atoms with Gasteiger partial charge in [0.15, 0.2) is 0 Å². The van der Waals surface area contributed by atoms with Crippen LogP contribution < -0.4 is 10.6 Å². The van der Waals surface area contributed by atoms with Crippen LogP contribution in [0.4, 0.5) is 11.5 Å². The molecule has 1 aromatic carbocycles. The molecule has 0 saturated carbocycles. The standard InChI is InChI=1S/C15H13BrN4OS/c16-10-1-3-11(4-2-10)20-13(21)5-7-17-14-12-6-8-22-15(12)19-9-18-14/h1-4,6,8-9H,5,7H2,(H,20,21)(H,17,18,19). The maximum Gasteiger partial charge on any atom is 0.226 e. The van der Waals surface area contributed by atoms with E-state index in [0.29, 0.717) is 13.0 Å². The molecule has 5 nitrogen and oxygen atoms in total. The number of aromatic nitrogens is 2. The highest BCUT2D eigenvalue weighted by Crippen LogP contribution is 2.23. The van der Waals surface area contributed by atoms with Crippen molar-refractivity contribution >= 4 is 54.9 Å². The third-order valence-electron chi connectivity index (χ3n) is 3.03. The molecule has 0 aliphatic heterocycles. The highest BCUT2D eigenvalue weighted by Gasteiger charge is 2.06. The lowest BCUT2D eigenvalue weighted by Gasteiger charge is -2.07. The van der Waals surface area contributed by atoms with Crippen molar-refractivity contribution in [2.75, 3.05) is 17.2 Å². The number of anilines is 2. The van der Waals surface area contributed by atoms with E-state index in [0.717, 1.165) is 26.2 Å². The van der Waals surface area contributed by atoms with E-state index in [1.54, 1.807) is 11.3 Å². The monoisotopic (exact) mass is 376 g/mol. The van der Waals surface area contributed by atoms with Gasteiger partial charge in [-0.3, -0.25) is 4.79 Å². The number of hydrogen-bond acceptors (Lipinski definition) is 5. The SMILES string of the molecule is O=C(CCNc1ncnc2sccc12)Nc1ccc(Br)cc1. The number of rotatable bonds is 5. The first-order chi connectivity index (χ1) is 10.7. The van der Waals surface area contributed by atoms with Crippen molar-refractivity contribution < 1.29 is 4.79 Å². The van der Waals surface area contributed by atoms with Crippen LogP contribution in [0.1, 0.15) is 6.42 Å². The zero-order chi connectivity index (χ0) is 15.4. The highest BCUT2D eigenvalue weighted by atomic mass is 79.9. The number of hydrogen-bond donors (Lipinski definition) is 2. The molecule has 0 fully saturated rings. The summed E-state index contributed by atoms with van der Waals surface area (Å²) in [7, 11) is 0. The van der Waals surface area contributed by atoms with Gasteiger partial charge in [-0.05, 0) is 35.7 Å². The zero-order valence-electron chi connectivity index (χ0n) is 11.5. The van der Waals surface area contributed by atoms with Crippen LogP contribution >= 0.6 is 27.3 Å². The third kappa shape index (κ3) is 3.61. The molecular formula is C15H13BrN4OS. The Morgan fingerprint density at radius 1 is 1.18 bits per heavy atom. The minimum Gasteiger partial charge on any atom is -0.369 e. The number of nitrogens with one attached hydrogen (secondary N) is 2. The van der Waals surface area contributed by atoms with Gasteiger partial charge in [-0.2, -0.15) is 0 Å². The molecule has 1 amide bonds. The molecule has 2 heterocycles. The normalized spacial score (nSPS) is 10.6. The van der Waals surface area contributed by atoms with Crippen LogP contribution in [0.15, 0.2) is 46.5 Å². The molecule has 3 rings (SSSR count). The van der Waals surface area contributed by atoms with Crippen LogP contribution in [0, 0.1) is 0 Å². The van der Waals surface area contributed by atoms with Gasteiger partial charge in [-0.25, -0.2) is 9.97 Å². The summed E-state index contributed by atoms with van der Waals surface area (Å²) in [5, 5.41) is 9.01. The van der Waals surface area contributed by atoms with Crippen molar-refractivity contribution in [3.8, 4) is 0 Å². The molecular weight excluding hydrogens is 364 g/mol. The first-order valence-electron chi connectivity index (χ1n) is 6.70. The molecule has 2 aromatic heterocycles. The Labute approximate surface area is 139 Å². The molecule has 3 aromatic rings. The topological polar surface area (TPSA) is 66.9 Å². The maximum atomic E-state index is 11.9. The molecule has 0 spiro atoms. The molecule has 112 valence electrons. The number of nitrogens with zero attached hydrogens (tertiary/aromatic N) is 2. The Hall–Kier alpha value is -1.99. The van der Waals surface area contributed by atoms with Gasteiger partial charge in [0.05, 0.1) is 5.39 Å². The van der Waals surface area contributed by atoms with Crippen LogP contribution in [0.25, 0.3) is 10.2 Å². The third-order valence-corrected chi connectivity index (χ3v) is 4.38.